The Morgan fingerprint density at radius 3 is 1.93 bits per heavy atom. The van der Waals surface area contributed by atoms with E-state index in [9.17, 15) is 0 Å². The van der Waals surface area contributed by atoms with Crippen LogP contribution in [0.25, 0.3) is 0 Å². The molecule has 0 aromatic heterocycles. The van der Waals surface area contributed by atoms with Crippen LogP contribution in [0, 0.1) is 0 Å². The molecule has 0 aromatic carbocycles. The zero-order valence-electron chi connectivity index (χ0n) is 18.6. The normalized spacial score (nSPS) is 30.8. The van der Waals surface area contributed by atoms with Gasteiger partial charge in [-0.2, -0.15) is 0 Å². The maximum atomic E-state index is 7.19. The van der Waals surface area contributed by atoms with Gasteiger partial charge in [0.2, 0.25) is 0 Å². The molecule has 2 fully saturated rings. The molecule has 0 amide bonds. The number of fused-ring (bicyclic) bond motifs is 1. The summed E-state index contributed by atoms with van der Waals surface area (Å²) in [5.74, 6) is 0.650. The van der Waals surface area contributed by atoms with Gasteiger partial charge in [0.15, 0.2) is 0 Å². The molecule has 0 N–H and O–H groups in total. The molecular weight excluding hydrogens is 396 g/mol. The summed E-state index contributed by atoms with van der Waals surface area (Å²) in [7, 11) is -5.05. The third-order valence-electron chi connectivity index (χ3n) is 5.94. The van der Waals surface area contributed by atoms with Crippen molar-refractivity contribution in [2.45, 2.75) is 95.9 Å². The van der Waals surface area contributed by atoms with Gasteiger partial charge in [-0.15, -0.1) is 11.8 Å². The topological polar surface area (TPSA) is 46.2 Å². The summed E-state index contributed by atoms with van der Waals surface area (Å²) in [4.78, 5) is 0. The first-order valence-corrected chi connectivity index (χ1v) is 15.7. The van der Waals surface area contributed by atoms with Crippen LogP contribution in [0.5, 0.6) is 0 Å². The van der Waals surface area contributed by atoms with Crippen molar-refractivity contribution in [2.24, 2.45) is 0 Å². The van der Waals surface area contributed by atoms with E-state index in [-0.39, 0.29) is 18.3 Å². The molecule has 0 aromatic rings. The summed E-state index contributed by atoms with van der Waals surface area (Å²) in [5, 5.41) is 0. The molecule has 27 heavy (non-hydrogen) atoms. The van der Waals surface area contributed by atoms with E-state index in [1.54, 1.807) is 11.8 Å². The van der Waals surface area contributed by atoms with Crippen molar-refractivity contribution >= 4 is 28.9 Å². The Bertz CT molecular complexity index is 459. The lowest BCUT2D eigenvalue weighted by molar-refractivity contribution is -0.0378. The fourth-order valence-electron chi connectivity index (χ4n) is 4.38. The Labute approximate surface area is 172 Å². The molecule has 0 spiro atoms. The molecule has 160 valence electrons. The summed E-state index contributed by atoms with van der Waals surface area (Å²) in [6.45, 7) is 19.1. The smallest absolute Gasteiger partial charge is 0.335 e. The lowest BCUT2D eigenvalue weighted by Gasteiger charge is -2.51. The molecule has 0 radical (unpaired) electrons. The van der Waals surface area contributed by atoms with Crippen molar-refractivity contribution in [2.75, 3.05) is 25.4 Å². The fraction of sp³-hybridized carbons (Fsp3) is 1.00. The van der Waals surface area contributed by atoms with Crippen LogP contribution < -0.4 is 0 Å². The van der Waals surface area contributed by atoms with Crippen molar-refractivity contribution in [3.8, 4) is 0 Å². The molecule has 0 saturated carbocycles. The standard InChI is InChI=1S/C19H40O5SSi2/c1-13(2)26(14(3)4)22-11-18-19(17(10-20-18)21-12-25-9)23-27(24-26,15(5)6)16(7)8/h13-19H,10-12H2,1-9H3/t17-,18-,19?/m1/s1. The number of ether oxygens (including phenoxy) is 2. The van der Waals surface area contributed by atoms with Crippen molar-refractivity contribution in [3.05, 3.63) is 0 Å². The average molecular weight is 437 g/mol. The van der Waals surface area contributed by atoms with Gasteiger partial charge in [0, 0.05) is 0 Å². The second-order valence-corrected chi connectivity index (χ2v) is 18.7. The van der Waals surface area contributed by atoms with Crippen molar-refractivity contribution in [1.82, 2.24) is 0 Å². The predicted octanol–water partition coefficient (Wildman–Crippen LogP) is 5.05. The van der Waals surface area contributed by atoms with E-state index in [2.05, 4.69) is 55.4 Å². The second kappa shape index (κ2) is 9.60. The second-order valence-electron chi connectivity index (χ2n) is 9.04. The Morgan fingerprint density at radius 1 is 0.889 bits per heavy atom. The highest BCUT2D eigenvalue weighted by Gasteiger charge is 2.60. The monoisotopic (exact) mass is 436 g/mol. The molecule has 3 atom stereocenters. The van der Waals surface area contributed by atoms with Crippen molar-refractivity contribution in [1.29, 1.82) is 0 Å². The molecule has 8 heteroatoms. The summed E-state index contributed by atoms with van der Waals surface area (Å²) in [6.07, 6.45) is 1.81. The number of hydrogen-bond donors (Lipinski definition) is 0. The van der Waals surface area contributed by atoms with E-state index in [0.717, 1.165) is 0 Å². The molecule has 2 aliphatic rings. The van der Waals surface area contributed by atoms with Gasteiger partial charge in [0.25, 0.3) is 0 Å². The minimum atomic E-state index is -2.58. The molecule has 2 heterocycles. The largest absolute Gasteiger partial charge is 0.414 e. The molecule has 0 bridgehead atoms. The van der Waals surface area contributed by atoms with Crippen LogP contribution in [-0.2, 0) is 22.4 Å². The van der Waals surface area contributed by atoms with Crippen LogP contribution in [-0.4, -0.2) is 60.8 Å². The highest BCUT2D eigenvalue weighted by Crippen LogP contribution is 2.47. The quantitative estimate of drug-likeness (QED) is 0.411. The van der Waals surface area contributed by atoms with Gasteiger partial charge in [-0.3, -0.25) is 0 Å². The zero-order chi connectivity index (χ0) is 20.4. The number of hydrogen-bond acceptors (Lipinski definition) is 6. The lowest BCUT2D eigenvalue weighted by Crippen LogP contribution is -2.65. The summed E-state index contributed by atoms with van der Waals surface area (Å²) in [6, 6.07) is 0. The van der Waals surface area contributed by atoms with Crippen LogP contribution in [0.3, 0.4) is 0 Å². The Hall–Kier alpha value is 0.584. The first-order valence-electron chi connectivity index (χ1n) is 10.3. The van der Waals surface area contributed by atoms with Gasteiger partial charge in [0.1, 0.15) is 18.3 Å². The first-order chi connectivity index (χ1) is 12.6. The van der Waals surface area contributed by atoms with E-state index in [4.69, 9.17) is 22.4 Å². The summed E-state index contributed by atoms with van der Waals surface area (Å²) >= 11 is 1.68. The zero-order valence-corrected chi connectivity index (χ0v) is 21.4. The highest BCUT2D eigenvalue weighted by atomic mass is 32.2. The molecular formula is C19H40O5SSi2. The Kier molecular flexibility index (Phi) is 8.48. The van der Waals surface area contributed by atoms with E-state index >= 15 is 0 Å². The molecule has 2 saturated heterocycles. The average Bonchev–Trinajstić information content (AvgIpc) is 2.92. The van der Waals surface area contributed by atoms with Crippen LogP contribution in [0.1, 0.15) is 55.4 Å². The van der Waals surface area contributed by atoms with Crippen molar-refractivity contribution < 1.29 is 22.4 Å². The maximum Gasteiger partial charge on any atom is 0.335 e. The van der Waals surface area contributed by atoms with E-state index in [0.29, 0.717) is 41.3 Å². The summed E-state index contributed by atoms with van der Waals surface area (Å²) < 4.78 is 33.1. The first kappa shape index (κ1) is 23.9. The van der Waals surface area contributed by atoms with Crippen molar-refractivity contribution in [3.63, 3.8) is 0 Å². The third kappa shape index (κ3) is 4.68. The Morgan fingerprint density at radius 2 is 1.44 bits per heavy atom. The van der Waals surface area contributed by atoms with Gasteiger partial charge in [-0.05, 0) is 28.4 Å². The third-order valence-corrected chi connectivity index (χ3v) is 16.6. The van der Waals surface area contributed by atoms with Crippen LogP contribution >= 0.6 is 11.8 Å². The Balaban J connectivity index is 2.45. The van der Waals surface area contributed by atoms with E-state index < -0.39 is 17.1 Å². The number of thioether (sulfide) groups is 1. The number of rotatable bonds is 7. The van der Waals surface area contributed by atoms with E-state index in [1.807, 2.05) is 6.26 Å². The van der Waals surface area contributed by atoms with Crippen LogP contribution in [0.4, 0.5) is 0 Å². The van der Waals surface area contributed by atoms with Gasteiger partial charge < -0.3 is 22.4 Å². The maximum absolute atomic E-state index is 7.19. The SMILES string of the molecule is CSCO[C@@H]1CO[C@@H]2CO[Si](C(C)C)(C(C)C)O[Si](C(C)C)(C(C)C)OC12. The van der Waals surface area contributed by atoms with Gasteiger partial charge in [-0.1, -0.05) is 55.4 Å². The van der Waals surface area contributed by atoms with Gasteiger partial charge >= 0.3 is 17.1 Å². The molecule has 2 rings (SSSR count). The molecule has 5 nitrogen and oxygen atoms in total. The minimum absolute atomic E-state index is 0.0497. The van der Waals surface area contributed by atoms with E-state index in [1.165, 1.54) is 0 Å². The van der Waals surface area contributed by atoms with Gasteiger partial charge in [-0.25, -0.2) is 0 Å². The minimum Gasteiger partial charge on any atom is -0.414 e. The molecule has 0 aliphatic carbocycles. The predicted molar refractivity (Wildman–Crippen MR) is 117 cm³/mol. The van der Waals surface area contributed by atoms with Crippen LogP contribution in [0.15, 0.2) is 0 Å². The fourth-order valence-corrected chi connectivity index (χ4v) is 15.9. The van der Waals surface area contributed by atoms with Crippen LogP contribution in [0.2, 0.25) is 22.2 Å². The van der Waals surface area contributed by atoms with Gasteiger partial charge in [0.05, 0.1) is 19.2 Å². The molecule has 2 aliphatic heterocycles. The lowest BCUT2D eigenvalue weighted by atomic mass is 10.1. The molecule has 1 unspecified atom stereocenters. The summed E-state index contributed by atoms with van der Waals surface area (Å²) in [5.41, 5.74) is 1.36. The highest BCUT2D eigenvalue weighted by molar-refractivity contribution is 7.98.